The molecule has 0 radical (unpaired) electrons. The van der Waals surface area contributed by atoms with Crippen molar-refractivity contribution in [2.75, 3.05) is 19.7 Å². The first-order chi connectivity index (χ1) is 15.2. The number of benzene rings is 1. The van der Waals surface area contributed by atoms with Gasteiger partial charge in [0.15, 0.2) is 5.65 Å². The molecule has 1 atom stereocenters. The Bertz CT molecular complexity index is 1180. The summed E-state index contributed by atoms with van der Waals surface area (Å²) in [6, 6.07) is 15.0. The van der Waals surface area contributed by atoms with Crippen LogP contribution in [0.5, 0.6) is 0 Å². The van der Waals surface area contributed by atoms with Crippen LogP contribution < -0.4 is 10.6 Å². The van der Waals surface area contributed by atoms with E-state index in [1.165, 1.54) is 0 Å². The van der Waals surface area contributed by atoms with E-state index < -0.39 is 0 Å². The van der Waals surface area contributed by atoms with Crippen molar-refractivity contribution in [1.29, 1.82) is 0 Å². The van der Waals surface area contributed by atoms with Crippen LogP contribution >= 0.6 is 0 Å². The number of aliphatic hydroxyl groups is 1. The number of aliphatic hydroxyl groups excluding tert-OH is 1. The number of carbonyl (C=O) groups is 1. The molecule has 8 heteroatoms. The van der Waals surface area contributed by atoms with Crippen molar-refractivity contribution in [1.82, 2.24) is 30.2 Å². The Morgan fingerprint density at radius 1 is 1.16 bits per heavy atom. The number of rotatable bonds is 8. The number of hydrogen-bond acceptors (Lipinski definition) is 6. The van der Waals surface area contributed by atoms with Crippen LogP contribution in [0.2, 0.25) is 0 Å². The molecule has 31 heavy (non-hydrogen) atoms. The molecule has 1 aromatic carbocycles. The third kappa shape index (κ3) is 4.60. The fourth-order valence-electron chi connectivity index (χ4n) is 3.35. The van der Waals surface area contributed by atoms with Gasteiger partial charge in [-0.3, -0.25) is 9.78 Å². The highest BCUT2D eigenvalue weighted by Gasteiger charge is 2.14. The average molecular weight is 416 g/mol. The zero-order valence-electron chi connectivity index (χ0n) is 17.2. The normalized spacial score (nSPS) is 12.1. The highest BCUT2D eigenvalue weighted by Crippen LogP contribution is 2.25. The maximum atomic E-state index is 12.6. The molecule has 0 aliphatic rings. The van der Waals surface area contributed by atoms with Crippen LogP contribution in [0, 0.1) is 0 Å². The van der Waals surface area contributed by atoms with E-state index in [2.05, 4.69) is 20.7 Å². The fraction of sp³-hybridized carbons (Fsp3) is 0.217. The molecule has 0 fully saturated rings. The Morgan fingerprint density at radius 2 is 2.00 bits per heavy atom. The molecule has 0 saturated heterocycles. The van der Waals surface area contributed by atoms with Crippen LogP contribution in [-0.4, -0.2) is 56.3 Å². The Morgan fingerprint density at radius 3 is 2.77 bits per heavy atom. The van der Waals surface area contributed by atoms with E-state index in [9.17, 15) is 9.90 Å². The van der Waals surface area contributed by atoms with Crippen molar-refractivity contribution >= 4 is 11.6 Å². The van der Waals surface area contributed by atoms with Gasteiger partial charge in [-0.1, -0.05) is 37.3 Å². The lowest BCUT2D eigenvalue weighted by Crippen LogP contribution is -2.43. The van der Waals surface area contributed by atoms with Crippen molar-refractivity contribution in [2.24, 2.45) is 0 Å². The predicted octanol–water partition coefficient (Wildman–Crippen LogP) is 2.16. The smallest absolute Gasteiger partial charge is 0.251 e. The van der Waals surface area contributed by atoms with Crippen molar-refractivity contribution in [2.45, 2.75) is 13.0 Å². The number of carbonyl (C=O) groups excluding carboxylic acids is 1. The van der Waals surface area contributed by atoms with E-state index in [0.29, 0.717) is 30.0 Å². The molecule has 0 saturated carbocycles. The van der Waals surface area contributed by atoms with Gasteiger partial charge in [0, 0.05) is 36.1 Å². The van der Waals surface area contributed by atoms with Crippen LogP contribution in [0.1, 0.15) is 17.3 Å². The lowest BCUT2D eigenvalue weighted by molar-refractivity contribution is 0.0945. The number of hydrogen-bond donors (Lipinski definition) is 3. The summed E-state index contributed by atoms with van der Waals surface area (Å²) in [5.74, 6) is -0.227. The molecular weight excluding hydrogens is 392 g/mol. The maximum Gasteiger partial charge on any atom is 0.251 e. The Balaban J connectivity index is 1.61. The van der Waals surface area contributed by atoms with Gasteiger partial charge < -0.3 is 15.7 Å². The van der Waals surface area contributed by atoms with E-state index >= 15 is 0 Å². The molecule has 0 aliphatic heterocycles. The van der Waals surface area contributed by atoms with Gasteiger partial charge in [0.05, 0.1) is 29.8 Å². The van der Waals surface area contributed by atoms with E-state index in [1.807, 2.05) is 49.5 Å². The first-order valence-electron chi connectivity index (χ1n) is 10.2. The molecule has 3 heterocycles. The average Bonchev–Trinajstić information content (AvgIpc) is 3.25. The minimum atomic E-state index is -0.227. The lowest BCUT2D eigenvalue weighted by Gasteiger charge is -2.15. The number of nitrogens with one attached hydrogen (secondary N) is 2. The van der Waals surface area contributed by atoms with Gasteiger partial charge in [-0.2, -0.15) is 5.10 Å². The van der Waals surface area contributed by atoms with E-state index in [-0.39, 0.29) is 18.6 Å². The van der Waals surface area contributed by atoms with E-state index in [0.717, 1.165) is 16.8 Å². The summed E-state index contributed by atoms with van der Waals surface area (Å²) in [7, 11) is 0. The summed E-state index contributed by atoms with van der Waals surface area (Å²) in [6.45, 7) is 2.95. The number of pyridine rings is 1. The molecule has 0 spiro atoms. The van der Waals surface area contributed by atoms with Gasteiger partial charge in [0.25, 0.3) is 5.91 Å². The largest absolute Gasteiger partial charge is 0.395 e. The first-order valence-corrected chi connectivity index (χ1v) is 10.2. The molecule has 3 aromatic heterocycles. The van der Waals surface area contributed by atoms with E-state index in [1.54, 1.807) is 29.0 Å². The molecule has 0 aliphatic carbocycles. The fourth-order valence-corrected chi connectivity index (χ4v) is 3.35. The standard InChI is InChI=1S/C23H24N6O2/c1-2-24-18(15-30)13-26-23(31)17-8-10-25-21(12-17)19-14-27-29-11-9-20(28-22(19)29)16-6-4-3-5-7-16/h3-12,14,18,24,30H,2,13,15H2,1H3,(H,26,31)/t18-/m1/s1. The van der Waals surface area contributed by atoms with Crippen LogP contribution in [0.15, 0.2) is 67.1 Å². The number of likely N-dealkylation sites (N-methyl/N-ethyl adjacent to an activating group) is 1. The number of fused-ring (bicyclic) bond motifs is 1. The van der Waals surface area contributed by atoms with Crippen LogP contribution in [0.4, 0.5) is 0 Å². The van der Waals surface area contributed by atoms with Gasteiger partial charge >= 0.3 is 0 Å². The van der Waals surface area contributed by atoms with Gasteiger partial charge in [-0.15, -0.1) is 0 Å². The molecule has 4 rings (SSSR count). The molecule has 4 aromatic rings. The second-order valence-electron chi connectivity index (χ2n) is 7.08. The van der Waals surface area contributed by atoms with Crippen LogP contribution in [0.3, 0.4) is 0 Å². The van der Waals surface area contributed by atoms with Crippen molar-refractivity contribution < 1.29 is 9.90 Å². The second kappa shape index (κ2) is 9.46. The third-order valence-corrected chi connectivity index (χ3v) is 4.96. The second-order valence-corrected chi connectivity index (χ2v) is 7.08. The summed E-state index contributed by atoms with van der Waals surface area (Å²) in [4.78, 5) is 21.8. The first kappa shape index (κ1) is 20.6. The Kier molecular flexibility index (Phi) is 6.30. The summed E-state index contributed by atoms with van der Waals surface area (Å²) in [5, 5.41) is 19.7. The van der Waals surface area contributed by atoms with Crippen molar-refractivity contribution in [3.8, 4) is 22.5 Å². The van der Waals surface area contributed by atoms with Crippen molar-refractivity contribution in [3.63, 3.8) is 0 Å². The topological polar surface area (TPSA) is 104 Å². The minimum absolute atomic E-state index is 0.0481. The number of aromatic nitrogens is 4. The summed E-state index contributed by atoms with van der Waals surface area (Å²) in [6.07, 6.45) is 5.16. The molecule has 0 unspecified atom stereocenters. The zero-order valence-corrected chi connectivity index (χ0v) is 17.2. The molecule has 8 nitrogen and oxygen atoms in total. The van der Waals surface area contributed by atoms with Gasteiger partial charge in [0.2, 0.25) is 0 Å². The SMILES string of the molecule is CCN[C@@H](CO)CNC(=O)c1ccnc(-c2cnn3ccc(-c4ccccc4)nc23)c1. The van der Waals surface area contributed by atoms with E-state index in [4.69, 9.17) is 4.98 Å². The monoisotopic (exact) mass is 416 g/mol. The molecule has 3 N–H and O–H groups in total. The summed E-state index contributed by atoms with van der Waals surface area (Å²) in [5.41, 5.74) is 4.36. The molecule has 1 amide bonds. The lowest BCUT2D eigenvalue weighted by atomic mass is 10.1. The highest BCUT2D eigenvalue weighted by molar-refractivity contribution is 5.95. The van der Waals surface area contributed by atoms with Gasteiger partial charge in [-0.05, 0) is 24.7 Å². The van der Waals surface area contributed by atoms with Gasteiger partial charge in [-0.25, -0.2) is 9.50 Å². The Hall–Kier alpha value is -3.62. The minimum Gasteiger partial charge on any atom is -0.395 e. The summed E-state index contributed by atoms with van der Waals surface area (Å²) < 4.78 is 1.69. The Labute approximate surface area is 180 Å². The predicted molar refractivity (Wildman–Crippen MR) is 119 cm³/mol. The zero-order chi connectivity index (χ0) is 21.6. The van der Waals surface area contributed by atoms with Crippen LogP contribution in [0.25, 0.3) is 28.2 Å². The summed E-state index contributed by atoms with van der Waals surface area (Å²) >= 11 is 0. The van der Waals surface area contributed by atoms with Crippen LogP contribution in [-0.2, 0) is 0 Å². The maximum absolute atomic E-state index is 12.6. The van der Waals surface area contributed by atoms with Gasteiger partial charge in [0.1, 0.15) is 0 Å². The third-order valence-electron chi connectivity index (χ3n) is 4.96. The van der Waals surface area contributed by atoms with Crippen molar-refractivity contribution in [3.05, 3.63) is 72.7 Å². The highest BCUT2D eigenvalue weighted by atomic mass is 16.3. The quantitative estimate of drug-likeness (QED) is 0.407. The molecule has 158 valence electrons. The number of amides is 1. The number of nitrogens with zero attached hydrogens (tertiary/aromatic N) is 4. The molecule has 0 bridgehead atoms. The molecular formula is C23H24N6O2.